The highest BCUT2D eigenvalue weighted by Crippen LogP contribution is 2.36. The minimum atomic E-state index is -0.393. The lowest BCUT2D eigenvalue weighted by Gasteiger charge is -2.07. The molecule has 0 bridgehead atoms. The molecule has 1 aliphatic carbocycles. The molecule has 72 valence electrons. The number of hydrogen-bond donors (Lipinski definition) is 1. The Labute approximate surface area is 78.6 Å². The zero-order valence-corrected chi connectivity index (χ0v) is 7.99. The summed E-state index contributed by atoms with van der Waals surface area (Å²) in [5, 5.41) is 9.77. The molecule has 1 fully saturated rings. The molecule has 1 aromatic heterocycles. The highest BCUT2D eigenvalue weighted by atomic mass is 16.4. The van der Waals surface area contributed by atoms with Gasteiger partial charge >= 0.3 is 0 Å². The molecule has 1 atom stereocenters. The lowest BCUT2D eigenvalue weighted by molar-refractivity contribution is 0.135. The molecule has 2 heteroatoms. The van der Waals surface area contributed by atoms with Gasteiger partial charge < -0.3 is 9.52 Å². The standard InChI is InChI=1S/C11H16O2/c1-8-6-7-13-11(8)10(12)5-4-9-2-3-9/h6-7,9-10,12H,2-5H2,1H3. The monoisotopic (exact) mass is 180 g/mol. The average Bonchev–Trinajstić information content (AvgIpc) is 2.84. The van der Waals surface area contributed by atoms with Crippen LogP contribution in [0.2, 0.25) is 0 Å². The quantitative estimate of drug-likeness (QED) is 0.772. The van der Waals surface area contributed by atoms with Crippen LogP contribution in [0.15, 0.2) is 16.7 Å². The Bertz CT molecular complexity index is 273. The largest absolute Gasteiger partial charge is 0.466 e. The van der Waals surface area contributed by atoms with E-state index >= 15 is 0 Å². The number of furan rings is 1. The molecule has 1 aliphatic rings. The highest BCUT2D eigenvalue weighted by Gasteiger charge is 2.23. The summed E-state index contributed by atoms with van der Waals surface area (Å²) in [6.07, 6.45) is 5.94. The molecule has 1 unspecified atom stereocenters. The normalized spacial score (nSPS) is 18.9. The molecule has 2 rings (SSSR count). The molecule has 0 aromatic carbocycles. The van der Waals surface area contributed by atoms with Gasteiger partial charge in [0.1, 0.15) is 11.9 Å². The Hall–Kier alpha value is -0.760. The lowest BCUT2D eigenvalue weighted by atomic mass is 10.1. The minimum Gasteiger partial charge on any atom is -0.466 e. The van der Waals surface area contributed by atoms with Gasteiger partial charge in [0.15, 0.2) is 0 Å². The van der Waals surface area contributed by atoms with E-state index in [2.05, 4.69) is 0 Å². The van der Waals surface area contributed by atoms with E-state index in [9.17, 15) is 5.11 Å². The van der Waals surface area contributed by atoms with Crippen LogP contribution in [0.5, 0.6) is 0 Å². The molecule has 2 nitrogen and oxygen atoms in total. The number of aliphatic hydroxyl groups is 1. The van der Waals surface area contributed by atoms with E-state index in [1.807, 2.05) is 13.0 Å². The third kappa shape index (κ3) is 2.13. The summed E-state index contributed by atoms with van der Waals surface area (Å²) >= 11 is 0. The topological polar surface area (TPSA) is 33.4 Å². The second-order valence-electron chi connectivity index (χ2n) is 4.00. The molecule has 0 amide bonds. The summed E-state index contributed by atoms with van der Waals surface area (Å²) in [7, 11) is 0. The molecule has 1 aromatic rings. The molecule has 1 heterocycles. The Morgan fingerprint density at radius 3 is 2.92 bits per heavy atom. The second-order valence-corrected chi connectivity index (χ2v) is 4.00. The van der Waals surface area contributed by atoms with Crippen molar-refractivity contribution in [1.82, 2.24) is 0 Å². The van der Waals surface area contributed by atoms with Crippen molar-refractivity contribution in [3.8, 4) is 0 Å². The number of aryl methyl sites for hydroxylation is 1. The van der Waals surface area contributed by atoms with Crippen molar-refractivity contribution in [2.75, 3.05) is 0 Å². The van der Waals surface area contributed by atoms with Crippen LogP contribution in [-0.2, 0) is 0 Å². The van der Waals surface area contributed by atoms with E-state index in [1.165, 1.54) is 12.8 Å². The van der Waals surface area contributed by atoms with Crippen LogP contribution >= 0.6 is 0 Å². The molecule has 13 heavy (non-hydrogen) atoms. The SMILES string of the molecule is Cc1ccoc1C(O)CCC1CC1. The number of hydrogen-bond acceptors (Lipinski definition) is 2. The van der Waals surface area contributed by atoms with E-state index in [0.717, 1.165) is 30.1 Å². The van der Waals surface area contributed by atoms with Gasteiger partial charge in [0, 0.05) is 0 Å². The Balaban J connectivity index is 1.88. The summed E-state index contributed by atoms with van der Waals surface area (Å²) in [5.74, 6) is 1.63. The van der Waals surface area contributed by atoms with Gasteiger partial charge in [-0.1, -0.05) is 12.8 Å². The van der Waals surface area contributed by atoms with Gasteiger partial charge in [-0.05, 0) is 37.3 Å². The third-order valence-corrected chi connectivity index (χ3v) is 2.75. The second kappa shape index (κ2) is 3.54. The smallest absolute Gasteiger partial charge is 0.135 e. The van der Waals surface area contributed by atoms with Crippen molar-refractivity contribution in [3.05, 3.63) is 23.7 Å². The van der Waals surface area contributed by atoms with Gasteiger partial charge in [-0.2, -0.15) is 0 Å². The van der Waals surface area contributed by atoms with Crippen molar-refractivity contribution >= 4 is 0 Å². The number of aliphatic hydroxyl groups excluding tert-OH is 1. The fourth-order valence-corrected chi connectivity index (χ4v) is 1.66. The fourth-order valence-electron chi connectivity index (χ4n) is 1.66. The molecule has 1 N–H and O–H groups in total. The first kappa shape index (κ1) is 8.82. The van der Waals surface area contributed by atoms with Gasteiger partial charge in [0.05, 0.1) is 6.26 Å². The van der Waals surface area contributed by atoms with Crippen molar-refractivity contribution in [2.24, 2.45) is 5.92 Å². The summed E-state index contributed by atoms with van der Waals surface area (Å²) in [6.45, 7) is 1.97. The molecule has 1 saturated carbocycles. The van der Waals surface area contributed by atoms with Crippen LogP contribution in [-0.4, -0.2) is 5.11 Å². The van der Waals surface area contributed by atoms with Crippen LogP contribution in [0.3, 0.4) is 0 Å². The molecule has 0 radical (unpaired) electrons. The predicted molar refractivity (Wildman–Crippen MR) is 50.4 cm³/mol. The van der Waals surface area contributed by atoms with Gasteiger partial charge in [0.25, 0.3) is 0 Å². The Kier molecular flexibility index (Phi) is 2.40. The molecule has 0 spiro atoms. The number of rotatable bonds is 4. The van der Waals surface area contributed by atoms with Gasteiger partial charge in [0.2, 0.25) is 0 Å². The van der Waals surface area contributed by atoms with Crippen LogP contribution in [0.1, 0.15) is 43.1 Å². The van der Waals surface area contributed by atoms with Gasteiger partial charge in [-0.15, -0.1) is 0 Å². The first-order valence-electron chi connectivity index (χ1n) is 4.99. The molecule has 0 saturated heterocycles. The maximum atomic E-state index is 9.77. The fraction of sp³-hybridized carbons (Fsp3) is 0.636. The minimum absolute atomic E-state index is 0.393. The van der Waals surface area contributed by atoms with E-state index < -0.39 is 6.10 Å². The maximum Gasteiger partial charge on any atom is 0.135 e. The van der Waals surface area contributed by atoms with Crippen molar-refractivity contribution in [2.45, 2.75) is 38.7 Å². The predicted octanol–water partition coefficient (Wildman–Crippen LogP) is 2.81. The molecular weight excluding hydrogens is 164 g/mol. The third-order valence-electron chi connectivity index (χ3n) is 2.75. The zero-order valence-electron chi connectivity index (χ0n) is 7.99. The first-order valence-corrected chi connectivity index (χ1v) is 4.99. The van der Waals surface area contributed by atoms with E-state index in [1.54, 1.807) is 6.26 Å². The first-order chi connectivity index (χ1) is 6.27. The molecule has 0 aliphatic heterocycles. The van der Waals surface area contributed by atoms with Crippen LogP contribution in [0, 0.1) is 12.8 Å². The van der Waals surface area contributed by atoms with E-state index in [-0.39, 0.29) is 0 Å². The highest BCUT2D eigenvalue weighted by molar-refractivity contribution is 5.16. The average molecular weight is 180 g/mol. The zero-order chi connectivity index (χ0) is 9.26. The summed E-state index contributed by atoms with van der Waals surface area (Å²) in [5.41, 5.74) is 1.06. The van der Waals surface area contributed by atoms with E-state index in [0.29, 0.717) is 0 Å². The van der Waals surface area contributed by atoms with E-state index in [4.69, 9.17) is 4.42 Å². The maximum absolute atomic E-state index is 9.77. The Morgan fingerprint density at radius 2 is 2.38 bits per heavy atom. The lowest BCUT2D eigenvalue weighted by Crippen LogP contribution is -1.97. The van der Waals surface area contributed by atoms with Gasteiger partial charge in [-0.3, -0.25) is 0 Å². The van der Waals surface area contributed by atoms with Gasteiger partial charge in [-0.25, -0.2) is 0 Å². The van der Waals surface area contributed by atoms with Crippen molar-refractivity contribution in [3.63, 3.8) is 0 Å². The summed E-state index contributed by atoms with van der Waals surface area (Å²) in [6, 6.07) is 1.90. The molecular formula is C11H16O2. The Morgan fingerprint density at radius 1 is 1.62 bits per heavy atom. The van der Waals surface area contributed by atoms with Crippen LogP contribution in [0.25, 0.3) is 0 Å². The summed E-state index contributed by atoms with van der Waals surface area (Å²) < 4.78 is 5.23. The van der Waals surface area contributed by atoms with Crippen LogP contribution in [0.4, 0.5) is 0 Å². The summed E-state index contributed by atoms with van der Waals surface area (Å²) in [4.78, 5) is 0. The van der Waals surface area contributed by atoms with Crippen LogP contribution < -0.4 is 0 Å². The van der Waals surface area contributed by atoms with Crippen molar-refractivity contribution in [1.29, 1.82) is 0 Å². The van der Waals surface area contributed by atoms with Crippen molar-refractivity contribution < 1.29 is 9.52 Å².